The SMILES string of the molecule is Cc1ccc(C(c2cccc(Cl)c2)N2CCNCC2)cc1. The Balaban J connectivity index is 1.99. The first-order chi connectivity index (χ1) is 10.2. The lowest BCUT2D eigenvalue weighted by molar-refractivity contribution is 0.198. The molecular formula is C18H21ClN2. The van der Waals surface area contributed by atoms with Gasteiger partial charge in [0.1, 0.15) is 0 Å². The highest BCUT2D eigenvalue weighted by Crippen LogP contribution is 2.30. The minimum absolute atomic E-state index is 0.284. The van der Waals surface area contributed by atoms with E-state index in [1.807, 2.05) is 12.1 Å². The van der Waals surface area contributed by atoms with Crippen molar-refractivity contribution in [1.29, 1.82) is 0 Å². The summed E-state index contributed by atoms with van der Waals surface area (Å²) in [5.74, 6) is 0. The van der Waals surface area contributed by atoms with Crippen molar-refractivity contribution in [3.05, 3.63) is 70.2 Å². The monoisotopic (exact) mass is 300 g/mol. The summed E-state index contributed by atoms with van der Waals surface area (Å²) < 4.78 is 0. The highest BCUT2D eigenvalue weighted by atomic mass is 35.5. The standard InChI is InChI=1S/C18H21ClN2/c1-14-5-7-15(8-6-14)18(21-11-9-20-10-12-21)16-3-2-4-17(19)13-16/h2-8,13,18,20H,9-12H2,1H3. The lowest BCUT2D eigenvalue weighted by Crippen LogP contribution is -2.45. The molecule has 1 fully saturated rings. The molecular weight excluding hydrogens is 280 g/mol. The van der Waals surface area contributed by atoms with Gasteiger partial charge in [0.2, 0.25) is 0 Å². The summed E-state index contributed by atoms with van der Waals surface area (Å²) in [4.78, 5) is 2.53. The summed E-state index contributed by atoms with van der Waals surface area (Å²) in [6, 6.07) is 17.4. The van der Waals surface area contributed by atoms with Crippen molar-refractivity contribution >= 4 is 11.6 Å². The molecule has 110 valence electrons. The van der Waals surface area contributed by atoms with Crippen LogP contribution in [0.25, 0.3) is 0 Å². The lowest BCUT2D eigenvalue weighted by atomic mass is 9.96. The van der Waals surface area contributed by atoms with Crippen LogP contribution in [0.5, 0.6) is 0 Å². The summed E-state index contributed by atoms with van der Waals surface area (Å²) in [6.45, 7) is 6.34. The zero-order valence-electron chi connectivity index (χ0n) is 12.3. The highest BCUT2D eigenvalue weighted by Gasteiger charge is 2.23. The second kappa shape index (κ2) is 6.61. The van der Waals surface area contributed by atoms with Crippen LogP contribution in [-0.4, -0.2) is 31.1 Å². The van der Waals surface area contributed by atoms with Crippen LogP contribution in [0.4, 0.5) is 0 Å². The van der Waals surface area contributed by atoms with Gasteiger partial charge in [-0.3, -0.25) is 4.90 Å². The van der Waals surface area contributed by atoms with Gasteiger partial charge in [0.15, 0.2) is 0 Å². The molecule has 21 heavy (non-hydrogen) atoms. The van der Waals surface area contributed by atoms with Gasteiger partial charge in [0.25, 0.3) is 0 Å². The van der Waals surface area contributed by atoms with Crippen molar-refractivity contribution in [3.8, 4) is 0 Å². The van der Waals surface area contributed by atoms with Crippen LogP contribution in [0.3, 0.4) is 0 Å². The Hall–Kier alpha value is -1.35. The maximum absolute atomic E-state index is 6.21. The average molecular weight is 301 g/mol. The molecule has 3 heteroatoms. The third-order valence-electron chi connectivity index (χ3n) is 4.07. The average Bonchev–Trinajstić information content (AvgIpc) is 2.51. The summed E-state index contributed by atoms with van der Waals surface area (Å²) in [5, 5.41) is 4.23. The Labute approximate surface area is 131 Å². The van der Waals surface area contributed by atoms with Gasteiger partial charge >= 0.3 is 0 Å². The van der Waals surface area contributed by atoms with Crippen molar-refractivity contribution in [2.24, 2.45) is 0 Å². The minimum Gasteiger partial charge on any atom is -0.314 e. The Bertz CT molecular complexity index is 588. The first-order valence-electron chi connectivity index (χ1n) is 7.51. The molecule has 1 N–H and O–H groups in total. The number of nitrogens with zero attached hydrogens (tertiary/aromatic N) is 1. The summed E-state index contributed by atoms with van der Waals surface area (Å²) in [6.07, 6.45) is 0. The number of halogens is 1. The van der Waals surface area contributed by atoms with Crippen LogP contribution in [0.1, 0.15) is 22.7 Å². The maximum Gasteiger partial charge on any atom is 0.0603 e. The first kappa shape index (κ1) is 14.6. The third kappa shape index (κ3) is 3.46. The van der Waals surface area contributed by atoms with Crippen molar-refractivity contribution in [3.63, 3.8) is 0 Å². The highest BCUT2D eigenvalue weighted by molar-refractivity contribution is 6.30. The molecule has 1 heterocycles. The number of aryl methyl sites for hydroxylation is 1. The third-order valence-corrected chi connectivity index (χ3v) is 4.31. The van der Waals surface area contributed by atoms with Crippen LogP contribution in [0, 0.1) is 6.92 Å². The van der Waals surface area contributed by atoms with Crippen LogP contribution in [0.15, 0.2) is 48.5 Å². The van der Waals surface area contributed by atoms with Gasteiger partial charge in [-0.25, -0.2) is 0 Å². The van der Waals surface area contributed by atoms with Crippen LogP contribution in [0.2, 0.25) is 5.02 Å². The van der Waals surface area contributed by atoms with Crippen molar-refractivity contribution in [1.82, 2.24) is 10.2 Å². The number of benzene rings is 2. The number of hydrogen-bond donors (Lipinski definition) is 1. The van der Waals surface area contributed by atoms with E-state index in [0.717, 1.165) is 31.2 Å². The van der Waals surface area contributed by atoms with E-state index in [9.17, 15) is 0 Å². The molecule has 2 aromatic rings. The van der Waals surface area contributed by atoms with Gasteiger partial charge in [-0.2, -0.15) is 0 Å². The van der Waals surface area contributed by atoms with Gasteiger partial charge in [0, 0.05) is 31.2 Å². The van der Waals surface area contributed by atoms with Crippen LogP contribution < -0.4 is 5.32 Å². The molecule has 0 amide bonds. The molecule has 1 aliphatic rings. The molecule has 2 aromatic carbocycles. The Kier molecular flexibility index (Phi) is 4.59. The fraction of sp³-hybridized carbons (Fsp3) is 0.333. The summed E-state index contributed by atoms with van der Waals surface area (Å²) >= 11 is 6.21. The van der Waals surface area contributed by atoms with E-state index >= 15 is 0 Å². The smallest absolute Gasteiger partial charge is 0.0603 e. The molecule has 0 aromatic heterocycles. The largest absolute Gasteiger partial charge is 0.314 e. The predicted octanol–water partition coefficient (Wildman–Crippen LogP) is 3.64. The molecule has 1 aliphatic heterocycles. The fourth-order valence-electron chi connectivity index (χ4n) is 2.98. The molecule has 0 saturated carbocycles. The van der Waals surface area contributed by atoms with Gasteiger partial charge in [0.05, 0.1) is 6.04 Å². The van der Waals surface area contributed by atoms with Crippen molar-refractivity contribution in [2.75, 3.05) is 26.2 Å². The van der Waals surface area contributed by atoms with E-state index < -0.39 is 0 Å². The molecule has 2 nitrogen and oxygen atoms in total. The fourth-order valence-corrected chi connectivity index (χ4v) is 3.18. The Morgan fingerprint density at radius 2 is 1.71 bits per heavy atom. The normalized spacial score (nSPS) is 17.6. The number of rotatable bonds is 3. The van der Waals surface area contributed by atoms with E-state index in [-0.39, 0.29) is 6.04 Å². The quantitative estimate of drug-likeness (QED) is 0.931. The van der Waals surface area contributed by atoms with Crippen molar-refractivity contribution < 1.29 is 0 Å². The number of piperazine rings is 1. The molecule has 0 bridgehead atoms. The molecule has 0 spiro atoms. The van der Waals surface area contributed by atoms with Gasteiger partial charge < -0.3 is 5.32 Å². The molecule has 1 unspecified atom stereocenters. The number of nitrogens with one attached hydrogen (secondary N) is 1. The van der Waals surface area contributed by atoms with E-state index in [4.69, 9.17) is 11.6 Å². The van der Waals surface area contributed by atoms with Gasteiger partial charge in [-0.15, -0.1) is 0 Å². The van der Waals surface area contributed by atoms with Crippen LogP contribution >= 0.6 is 11.6 Å². The molecule has 0 radical (unpaired) electrons. The second-order valence-electron chi connectivity index (χ2n) is 5.65. The molecule has 1 atom stereocenters. The van der Waals surface area contributed by atoms with E-state index in [1.165, 1.54) is 16.7 Å². The lowest BCUT2D eigenvalue weighted by Gasteiger charge is -2.35. The summed E-state index contributed by atoms with van der Waals surface area (Å²) in [7, 11) is 0. The zero-order valence-corrected chi connectivity index (χ0v) is 13.1. The first-order valence-corrected chi connectivity index (χ1v) is 7.88. The predicted molar refractivity (Wildman–Crippen MR) is 88.9 cm³/mol. The zero-order chi connectivity index (χ0) is 14.7. The Morgan fingerprint density at radius 3 is 2.38 bits per heavy atom. The van der Waals surface area contributed by atoms with Gasteiger partial charge in [-0.05, 0) is 30.2 Å². The summed E-state index contributed by atoms with van der Waals surface area (Å²) in [5.41, 5.74) is 3.90. The molecule has 0 aliphatic carbocycles. The number of hydrogen-bond acceptors (Lipinski definition) is 2. The van der Waals surface area contributed by atoms with Crippen LogP contribution in [-0.2, 0) is 0 Å². The topological polar surface area (TPSA) is 15.3 Å². The van der Waals surface area contributed by atoms with Gasteiger partial charge in [-0.1, -0.05) is 53.6 Å². The maximum atomic E-state index is 6.21. The van der Waals surface area contributed by atoms with Crippen molar-refractivity contribution in [2.45, 2.75) is 13.0 Å². The van der Waals surface area contributed by atoms with E-state index in [1.54, 1.807) is 0 Å². The molecule has 1 saturated heterocycles. The van der Waals surface area contributed by atoms with E-state index in [2.05, 4.69) is 53.5 Å². The van der Waals surface area contributed by atoms with E-state index in [0.29, 0.717) is 0 Å². The molecule has 3 rings (SSSR count). The Morgan fingerprint density at radius 1 is 1.00 bits per heavy atom. The minimum atomic E-state index is 0.284. The second-order valence-corrected chi connectivity index (χ2v) is 6.09.